The molecular formula is C22H20F3N. The van der Waals surface area contributed by atoms with E-state index >= 15 is 0 Å². The lowest BCUT2D eigenvalue weighted by atomic mass is 9.85. The van der Waals surface area contributed by atoms with Crippen molar-refractivity contribution < 1.29 is 18.7 Å². The van der Waals surface area contributed by atoms with Gasteiger partial charge in [-0.05, 0) is 35.2 Å². The van der Waals surface area contributed by atoms with Crippen LogP contribution < -0.4 is 0 Å². The normalized spacial score (nSPS) is 15.0. The summed E-state index contributed by atoms with van der Waals surface area (Å²) in [6.45, 7) is 1.56. The summed E-state index contributed by atoms with van der Waals surface area (Å²) in [5.41, 5.74) is -0.847. The average molecular weight is 359 g/mol. The highest BCUT2D eigenvalue weighted by atomic mass is 19.4. The molecule has 1 heterocycles. The van der Waals surface area contributed by atoms with E-state index in [-0.39, 0.29) is 23.2 Å². The van der Waals surface area contributed by atoms with Crippen LogP contribution in [0.1, 0.15) is 24.9 Å². The molecule has 3 aromatic rings. The molecule has 0 aliphatic rings. The highest BCUT2D eigenvalue weighted by molar-refractivity contribution is 5.70. The maximum atomic E-state index is 13.4. The molecule has 0 spiro atoms. The van der Waals surface area contributed by atoms with Crippen LogP contribution in [0.25, 0.3) is 22.4 Å². The Kier molecular flexibility index (Phi) is 3.62. The molecule has 0 aliphatic heterocycles. The van der Waals surface area contributed by atoms with Gasteiger partial charge in [0.25, 0.3) is 0 Å². The Labute approximate surface area is 157 Å². The first-order chi connectivity index (χ1) is 13.9. The van der Waals surface area contributed by atoms with Crippen LogP contribution in [0.2, 0.25) is 0 Å². The summed E-state index contributed by atoms with van der Waals surface area (Å²) in [6.07, 6.45) is -6.07. The first-order valence-electron chi connectivity index (χ1n) is 10.1. The van der Waals surface area contributed by atoms with E-state index in [2.05, 4.69) is 4.98 Å². The smallest absolute Gasteiger partial charge is 0.256 e. The van der Waals surface area contributed by atoms with E-state index in [0.29, 0.717) is 11.3 Å². The molecule has 0 amide bonds. The van der Waals surface area contributed by atoms with Crippen molar-refractivity contribution in [2.45, 2.75) is 26.4 Å². The number of nitrogens with zero attached hydrogens (tertiary/aromatic N) is 1. The second-order valence-corrected chi connectivity index (χ2v) is 6.45. The summed E-state index contributed by atoms with van der Waals surface area (Å²) in [5, 5.41) is 0. The zero-order valence-corrected chi connectivity index (χ0v) is 14.4. The Morgan fingerprint density at radius 1 is 0.923 bits per heavy atom. The van der Waals surface area contributed by atoms with Gasteiger partial charge in [-0.3, -0.25) is 4.98 Å². The zero-order valence-electron chi connectivity index (χ0n) is 18.4. The highest BCUT2D eigenvalue weighted by Crippen LogP contribution is 2.40. The fraction of sp³-hybridized carbons (Fsp3) is 0.227. The molecule has 0 bridgehead atoms. The third-order valence-electron chi connectivity index (χ3n) is 4.03. The number of aromatic nitrogens is 1. The quantitative estimate of drug-likeness (QED) is 0.515. The summed E-state index contributed by atoms with van der Waals surface area (Å²) >= 11 is 0. The molecule has 0 atom stereocenters. The molecule has 0 radical (unpaired) electrons. The lowest BCUT2D eigenvalue weighted by Crippen LogP contribution is -2.34. The molecule has 1 nitrogen and oxygen atoms in total. The predicted octanol–water partition coefficient (Wildman–Crippen LogP) is 6.55. The van der Waals surface area contributed by atoms with E-state index in [1.165, 1.54) is 6.20 Å². The van der Waals surface area contributed by atoms with Crippen LogP contribution in [0.3, 0.4) is 0 Å². The molecule has 2 aromatic carbocycles. The van der Waals surface area contributed by atoms with Gasteiger partial charge in [-0.2, -0.15) is 13.2 Å². The molecule has 3 rings (SSSR count). The Morgan fingerprint density at radius 2 is 1.58 bits per heavy atom. The van der Waals surface area contributed by atoms with Gasteiger partial charge in [-0.25, -0.2) is 0 Å². The van der Waals surface area contributed by atoms with Crippen molar-refractivity contribution >= 4 is 0 Å². The molecule has 1 aromatic heterocycles. The number of hydrogen-bond donors (Lipinski definition) is 0. The van der Waals surface area contributed by atoms with Crippen LogP contribution >= 0.6 is 0 Å². The van der Waals surface area contributed by atoms with E-state index in [1.54, 1.807) is 12.1 Å². The average Bonchev–Trinajstić information content (AvgIpc) is 2.67. The van der Waals surface area contributed by atoms with Crippen molar-refractivity contribution in [1.29, 1.82) is 0 Å². The van der Waals surface area contributed by atoms with E-state index in [4.69, 9.17) is 5.48 Å². The predicted molar refractivity (Wildman–Crippen MR) is 98.6 cm³/mol. The molecule has 4 heteroatoms. The molecule has 0 N–H and O–H groups in total. The minimum atomic E-state index is -4.80. The number of rotatable bonds is 4. The fourth-order valence-corrected chi connectivity index (χ4v) is 2.41. The highest BCUT2D eigenvalue weighted by Gasteiger charge is 2.46. The van der Waals surface area contributed by atoms with Crippen molar-refractivity contribution in [2.24, 2.45) is 5.41 Å². The lowest BCUT2D eigenvalue weighted by Gasteiger charge is -2.27. The van der Waals surface area contributed by atoms with Gasteiger partial charge in [0.2, 0.25) is 0 Å². The maximum Gasteiger partial charge on any atom is 0.394 e. The zero-order chi connectivity index (χ0) is 22.3. The summed E-state index contributed by atoms with van der Waals surface area (Å²) in [5.74, 6) is 0. The summed E-state index contributed by atoms with van der Waals surface area (Å²) in [4.78, 5) is 4.30. The molecular weight excluding hydrogens is 335 g/mol. The monoisotopic (exact) mass is 359 g/mol. The van der Waals surface area contributed by atoms with Gasteiger partial charge in [-0.1, -0.05) is 68.4 Å². The first kappa shape index (κ1) is 13.6. The Balaban J connectivity index is 2.09. The van der Waals surface area contributed by atoms with Crippen molar-refractivity contribution in [1.82, 2.24) is 4.98 Å². The Hall–Kier alpha value is -2.62. The minimum Gasteiger partial charge on any atom is -0.256 e. The number of alkyl halides is 3. The van der Waals surface area contributed by atoms with Crippen molar-refractivity contribution in [2.75, 3.05) is 0 Å². The van der Waals surface area contributed by atoms with Crippen LogP contribution in [0.4, 0.5) is 13.2 Å². The number of benzene rings is 2. The van der Waals surface area contributed by atoms with Crippen LogP contribution in [0.5, 0.6) is 0 Å². The second kappa shape index (κ2) is 6.94. The first-order valence-corrected chi connectivity index (χ1v) is 8.06. The van der Waals surface area contributed by atoms with E-state index in [0.717, 1.165) is 31.5 Å². The number of hydrogen-bond acceptors (Lipinski definition) is 1. The number of pyridine rings is 1. The number of halogens is 3. The lowest BCUT2D eigenvalue weighted by molar-refractivity contribution is -0.211. The molecule has 0 unspecified atom stereocenters. The summed E-state index contributed by atoms with van der Waals surface area (Å²) in [6, 6.07) is 14.3. The van der Waals surface area contributed by atoms with Gasteiger partial charge in [0, 0.05) is 14.5 Å². The Morgan fingerprint density at radius 3 is 2.19 bits per heavy atom. The van der Waals surface area contributed by atoms with Gasteiger partial charge >= 0.3 is 6.18 Å². The van der Waals surface area contributed by atoms with Gasteiger partial charge < -0.3 is 0 Å². The van der Waals surface area contributed by atoms with Crippen molar-refractivity contribution in [3.8, 4) is 22.4 Å². The van der Waals surface area contributed by atoms with Gasteiger partial charge in [0.15, 0.2) is 0 Å². The Bertz CT molecular complexity index is 1040. The summed E-state index contributed by atoms with van der Waals surface area (Å²) in [7, 11) is 0. The molecule has 0 saturated carbocycles. The molecule has 26 heavy (non-hydrogen) atoms. The van der Waals surface area contributed by atoms with Crippen molar-refractivity contribution in [3.05, 3.63) is 78.4 Å². The van der Waals surface area contributed by atoms with Crippen LogP contribution in [-0.2, 0) is 6.37 Å². The molecule has 0 fully saturated rings. The third kappa shape index (κ3) is 3.96. The van der Waals surface area contributed by atoms with Gasteiger partial charge in [-0.15, -0.1) is 0 Å². The van der Waals surface area contributed by atoms with Crippen LogP contribution in [0, 0.1) is 5.41 Å². The fourth-order valence-electron chi connectivity index (χ4n) is 2.41. The SMILES string of the molecule is [2H]c1cc(C([2H])([2H])C(C)(C)C(F)(F)F)cc([2H])c1-c1ccnc(-c2ccccc2)c1. The maximum absolute atomic E-state index is 13.4. The largest absolute Gasteiger partial charge is 0.394 e. The van der Waals surface area contributed by atoms with E-state index < -0.39 is 18.0 Å². The second-order valence-electron chi connectivity index (χ2n) is 6.45. The standard InChI is InChI=1S/C22H20F3N/c1-21(2,22(23,24)25)15-16-8-10-17(11-9-16)19-12-13-26-20(14-19)18-6-4-3-5-7-18/h3-14H,15H2,1-2H3/i10D,11D,15D2. The van der Waals surface area contributed by atoms with E-state index in [1.807, 2.05) is 30.3 Å². The van der Waals surface area contributed by atoms with Gasteiger partial charge in [0.05, 0.1) is 13.9 Å². The third-order valence-corrected chi connectivity index (χ3v) is 4.03. The van der Waals surface area contributed by atoms with Crippen LogP contribution in [0.15, 0.2) is 72.9 Å². The minimum absolute atomic E-state index is 0.207. The van der Waals surface area contributed by atoms with E-state index in [9.17, 15) is 13.2 Å². The molecule has 0 saturated heterocycles. The molecule has 134 valence electrons. The van der Waals surface area contributed by atoms with Crippen molar-refractivity contribution in [3.63, 3.8) is 0 Å². The molecule has 0 aliphatic carbocycles. The van der Waals surface area contributed by atoms with Gasteiger partial charge in [0.1, 0.15) is 0 Å². The van der Waals surface area contributed by atoms with Crippen LogP contribution in [-0.4, -0.2) is 11.2 Å². The summed E-state index contributed by atoms with van der Waals surface area (Å²) < 4.78 is 73.1. The topological polar surface area (TPSA) is 12.9 Å².